The van der Waals surface area contributed by atoms with Crippen molar-refractivity contribution >= 4 is 102 Å². The first-order valence-electron chi connectivity index (χ1n) is 15.9. The summed E-state index contributed by atoms with van der Waals surface area (Å²) < 4.78 is 5.33. The number of fused-ring (bicyclic) bond motifs is 9. The number of anilines is 3. The summed E-state index contributed by atoms with van der Waals surface area (Å²) in [6, 6.07) is 60.0. The molecule has 10 aromatic rings. The van der Waals surface area contributed by atoms with Gasteiger partial charge in [0.05, 0.1) is 5.69 Å². The third-order valence-corrected chi connectivity index (χ3v) is 11.9. The van der Waals surface area contributed by atoms with Gasteiger partial charge in [0.25, 0.3) is 0 Å². The SMILES string of the molecule is c1ccc(N(c2ccc3c(c2)sc2c4ccccc4c(-c4cccc5c4sc4ccccc45)cc32)c2cccc3ccccc23)cc1. The van der Waals surface area contributed by atoms with Crippen LogP contribution >= 0.6 is 22.7 Å². The van der Waals surface area contributed by atoms with E-state index in [2.05, 4.69) is 169 Å². The van der Waals surface area contributed by atoms with Crippen LogP contribution in [0.5, 0.6) is 0 Å². The number of thiophene rings is 2. The minimum Gasteiger partial charge on any atom is -0.310 e. The van der Waals surface area contributed by atoms with E-state index in [0.717, 1.165) is 11.4 Å². The highest BCUT2D eigenvalue weighted by Crippen LogP contribution is 2.48. The molecule has 8 aromatic carbocycles. The van der Waals surface area contributed by atoms with Crippen molar-refractivity contribution in [2.24, 2.45) is 0 Å². The second-order valence-corrected chi connectivity index (χ2v) is 14.2. The maximum absolute atomic E-state index is 2.45. The lowest BCUT2D eigenvalue weighted by Gasteiger charge is -2.27. The van der Waals surface area contributed by atoms with Gasteiger partial charge in [-0.3, -0.25) is 0 Å². The summed E-state index contributed by atoms with van der Waals surface area (Å²) in [5, 5.41) is 10.4. The van der Waals surface area contributed by atoms with Crippen molar-refractivity contribution in [1.29, 1.82) is 0 Å². The van der Waals surface area contributed by atoms with Crippen LogP contribution < -0.4 is 4.90 Å². The van der Waals surface area contributed by atoms with E-state index in [1.807, 2.05) is 22.7 Å². The predicted molar refractivity (Wildman–Crippen MR) is 207 cm³/mol. The van der Waals surface area contributed by atoms with Gasteiger partial charge in [-0.2, -0.15) is 0 Å². The molecule has 0 saturated heterocycles. The maximum atomic E-state index is 2.45. The maximum Gasteiger partial charge on any atom is 0.0540 e. The Labute approximate surface area is 280 Å². The Morgan fingerprint density at radius 3 is 1.87 bits per heavy atom. The predicted octanol–water partition coefficient (Wildman–Crippen LogP) is 13.9. The summed E-state index contributed by atoms with van der Waals surface area (Å²) in [5.41, 5.74) is 6.10. The summed E-state index contributed by atoms with van der Waals surface area (Å²) >= 11 is 3.81. The summed E-state index contributed by atoms with van der Waals surface area (Å²) in [4.78, 5) is 2.40. The zero-order valence-electron chi connectivity index (χ0n) is 25.4. The van der Waals surface area contributed by atoms with Crippen molar-refractivity contribution in [1.82, 2.24) is 0 Å². The number of benzene rings is 8. The summed E-state index contributed by atoms with van der Waals surface area (Å²) in [6.07, 6.45) is 0. The molecular weight excluding hydrogens is 607 g/mol. The van der Waals surface area contributed by atoms with E-state index in [0.29, 0.717) is 0 Å². The molecule has 2 heterocycles. The van der Waals surface area contributed by atoms with Crippen LogP contribution in [-0.2, 0) is 0 Å². The Balaban J connectivity index is 1.22. The molecule has 0 saturated carbocycles. The Morgan fingerprint density at radius 2 is 0.979 bits per heavy atom. The molecule has 0 radical (unpaired) electrons. The molecule has 0 atom stereocenters. The number of nitrogens with zero attached hydrogens (tertiary/aromatic N) is 1. The smallest absolute Gasteiger partial charge is 0.0540 e. The van der Waals surface area contributed by atoms with Crippen molar-refractivity contribution in [3.05, 3.63) is 164 Å². The van der Waals surface area contributed by atoms with E-state index in [1.54, 1.807) is 0 Å². The van der Waals surface area contributed by atoms with Crippen LogP contribution in [0, 0.1) is 0 Å². The van der Waals surface area contributed by atoms with E-state index < -0.39 is 0 Å². The molecule has 0 aliphatic carbocycles. The number of hydrogen-bond donors (Lipinski definition) is 0. The van der Waals surface area contributed by atoms with E-state index in [-0.39, 0.29) is 0 Å². The lowest BCUT2D eigenvalue weighted by Crippen LogP contribution is -2.10. The van der Waals surface area contributed by atoms with Crippen molar-refractivity contribution in [2.75, 3.05) is 4.90 Å². The quantitative estimate of drug-likeness (QED) is 0.186. The van der Waals surface area contributed by atoms with Gasteiger partial charge in [0.2, 0.25) is 0 Å². The van der Waals surface area contributed by atoms with Crippen molar-refractivity contribution in [3.63, 3.8) is 0 Å². The van der Waals surface area contributed by atoms with Crippen LogP contribution in [0.25, 0.3) is 73.0 Å². The lowest BCUT2D eigenvalue weighted by molar-refractivity contribution is 1.30. The van der Waals surface area contributed by atoms with Gasteiger partial charge in [-0.15, -0.1) is 22.7 Å². The standard InChI is InChI=1S/C44H27NS2/c1-2-14-29(15-3-1)45(40-22-10-13-28-12-4-5-16-31(28)40)30-24-25-34-39-27-38(32-17-6-7-19-35(32)44(39)47-42(34)26-30)37-21-11-20-36-33-18-8-9-23-41(33)46-43(36)37/h1-27H. The van der Waals surface area contributed by atoms with Crippen LogP contribution in [-0.4, -0.2) is 0 Å². The van der Waals surface area contributed by atoms with Gasteiger partial charge in [-0.25, -0.2) is 0 Å². The summed E-state index contributed by atoms with van der Waals surface area (Å²) in [7, 11) is 0. The summed E-state index contributed by atoms with van der Waals surface area (Å²) in [6.45, 7) is 0. The average Bonchev–Trinajstić information content (AvgIpc) is 3.70. The zero-order chi connectivity index (χ0) is 30.9. The fourth-order valence-corrected chi connectivity index (χ4v) is 9.80. The molecule has 0 bridgehead atoms. The van der Waals surface area contributed by atoms with Gasteiger partial charge < -0.3 is 4.90 Å². The van der Waals surface area contributed by atoms with E-state index in [1.165, 1.54) is 78.7 Å². The van der Waals surface area contributed by atoms with Crippen LogP contribution in [0.4, 0.5) is 17.1 Å². The third kappa shape index (κ3) is 4.14. The molecule has 0 N–H and O–H groups in total. The van der Waals surface area contributed by atoms with Crippen molar-refractivity contribution in [3.8, 4) is 11.1 Å². The molecule has 0 aliphatic rings. The molecule has 1 nitrogen and oxygen atoms in total. The molecule has 220 valence electrons. The topological polar surface area (TPSA) is 3.24 Å². The molecule has 0 unspecified atom stereocenters. The fraction of sp³-hybridized carbons (Fsp3) is 0. The molecule has 47 heavy (non-hydrogen) atoms. The first kappa shape index (κ1) is 26.7. The van der Waals surface area contributed by atoms with Crippen molar-refractivity contribution < 1.29 is 0 Å². The number of hydrogen-bond acceptors (Lipinski definition) is 3. The number of rotatable bonds is 4. The highest BCUT2D eigenvalue weighted by molar-refractivity contribution is 7.27. The highest BCUT2D eigenvalue weighted by atomic mass is 32.1. The minimum absolute atomic E-state index is 1.15. The average molecular weight is 634 g/mol. The van der Waals surface area contributed by atoms with Crippen LogP contribution in [0.3, 0.4) is 0 Å². The Kier molecular flexibility index (Phi) is 5.98. The second kappa shape index (κ2) is 10.5. The third-order valence-electron chi connectivity index (χ3n) is 9.44. The molecule has 0 fully saturated rings. The van der Waals surface area contributed by atoms with Gasteiger partial charge in [-0.1, -0.05) is 121 Å². The highest BCUT2D eigenvalue weighted by Gasteiger charge is 2.19. The first-order chi connectivity index (χ1) is 23.3. The normalized spacial score (nSPS) is 11.8. The van der Waals surface area contributed by atoms with Gasteiger partial charge in [0.15, 0.2) is 0 Å². The first-order valence-corrected chi connectivity index (χ1v) is 17.6. The van der Waals surface area contributed by atoms with E-state index >= 15 is 0 Å². The van der Waals surface area contributed by atoms with E-state index in [9.17, 15) is 0 Å². The van der Waals surface area contributed by atoms with Crippen LogP contribution in [0.15, 0.2) is 164 Å². The minimum atomic E-state index is 1.15. The summed E-state index contributed by atoms with van der Waals surface area (Å²) in [5.74, 6) is 0. The van der Waals surface area contributed by atoms with Gasteiger partial charge in [0, 0.05) is 68.1 Å². The Morgan fingerprint density at radius 1 is 0.340 bits per heavy atom. The molecule has 3 heteroatoms. The molecule has 2 aromatic heterocycles. The second-order valence-electron chi connectivity index (χ2n) is 12.1. The molecule has 0 aliphatic heterocycles. The van der Waals surface area contributed by atoms with Gasteiger partial charge in [0.1, 0.15) is 0 Å². The lowest BCUT2D eigenvalue weighted by atomic mass is 9.94. The van der Waals surface area contributed by atoms with Crippen LogP contribution in [0.1, 0.15) is 0 Å². The number of para-hydroxylation sites is 1. The molecule has 0 spiro atoms. The largest absolute Gasteiger partial charge is 0.310 e. The van der Waals surface area contributed by atoms with Gasteiger partial charge in [-0.05, 0) is 58.8 Å². The van der Waals surface area contributed by atoms with Gasteiger partial charge >= 0.3 is 0 Å². The zero-order valence-corrected chi connectivity index (χ0v) is 27.0. The molecule has 10 rings (SSSR count). The van der Waals surface area contributed by atoms with Crippen LogP contribution in [0.2, 0.25) is 0 Å². The fourth-order valence-electron chi connectivity index (χ4n) is 7.32. The van der Waals surface area contributed by atoms with Crippen molar-refractivity contribution in [2.45, 2.75) is 0 Å². The monoisotopic (exact) mass is 633 g/mol. The molecular formula is C44H27NS2. The Bertz CT molecular complexity index is 2800. The Hall–Kier alpha value is -5.48. The van der Waals surface area contributed by atoms with E-state index in [4.69, 9.17) is 0 Å². The molecule has 0 amide bonds.